The summed E-state index contributed by atoms with van der Waals surface area (Å²) in [5.41, 5.74) is 8.02. The standard InChI is InChI=1S/C33H49N5O8/c1-42-26-14-20(15-27(43-2)32(26)40)29-21-16-24-25(46-19-45-24)17-22(21)31(23-18-44-33(41)30(23)29)38-28(39)6-13-37-12-5-11-36-10-4-9-35-8-3-7-34/h14-17,23,29-31,33,35-37,40-41H,3-13,18-19,34H2,1-2H3,(H,38,39)/t23-,29+,30-,31+,33?/m0/s1. The third-order valence-corrected chi connectivity index (χ3v) is 9.02. The van der Waals surface area contributed by atoms with Gasteiger partial charge in [-0.1, -0.05) is 0 Å². The van der Waals surface area contributed by atoms with Gasteiger partial charge in [-0.2, -0.15) is 0 Å². The molecule has 2 aromatic rings. The summed E-state index contributed by atoms with van der Waals surface area (Å²) >= 11 is 0. The third kappa shape index (κ3) is 7.79. The Balaban J connectivity index is 1.23. The quantitative estimate of drug-likeness (QED) is 0.116. The van der Waals surface area contributed by atoms with E-state index in [1.54, 1.807) is 12.1 Å². The van der Waals surface area contributed by atoms with Crippen LogP contribution in [0.3, 0.4) is 0 Å². The van der Waals surface area contributed by atoms with Crippen molar-refractivity contribution in [3.05, 3.63) is 41.0 Å². The van der Waals surface area contributed by atoms with E-state index in [0.717, 1.165) is 75.2 Å². The molecule has 2 heterocycles. The van der Waals surface area contributed by atoms with Crippen molar-refractivity contribution in [1.82, 2.24) is 21.3 Å². The normalized spacial score (nSPS) is 22.7. The molecule has 2 aliphatic heterocycles. The summed E-state index contributed by atoms with van der Waals surface area (Å²) in [5, 5.41) is 35.2. The highest BCUT2D eigenvalue weighted by Gasteiger charge is 2.52. The number of carbonyl (C=O) groups excluding carboxylic acids is 1. The second-order valence-electron chi connectivity index (χ2n) is 11.9. The van der Waals surface area contributed by atoms with Gasteiger partial charge in [-0.05, 0) is 99.5 Å². The lowest BCUT2D eigenvalue weighted by Crippen LogP contribution is -2.44. The van der Waals surface area contributed by atoms with Crippen LogP contribution in [0.4, 0.5) is 0 Å². The van der Waals surface area contributed by atoms with Crippen molar-refractivity contribution >= 4 is 5.91 Å². The maximum atomic E-state index is 13.3. The number of rotatable bonds is 18. The lowest BCUT2D eigenvalue weighted by Gasteiger charge is -2.41. The number of aliphatic hydroxyl groups excluding tert-OH is 1. The molecular weight excluding hydrogens is 594 g/mol. The Labute approximate surface area is 270 Å². The maximum absolute atomic E-state index is 13.3. The molecule has 1 unspecified atom stereocenters. The number of ether oxygens (including phenoxy) is 5. The molecular formula is C33H49N5O8. The average Bonchev–Trinajstić information content (AvgIpc) is 3.68. The van der Waals surface area contributed by atoms with Crippen LogP contribution in [0.2, 0.25) is 0 Å². The third-order valence-electron chi connectivity index (χ3n) is 9.02. The van der Waals surface area contributed by atoms with Gasteiger partial charge in [0.25, 0.3) is 0 Å². The number of hydrogen-bond donors (Lipinski definition) is 7. The zero-order chi connectivity index (χ0) is 32.5. The fourth-order valence-electron chi connectivity index (χ4n) is 6.73. The summed E-state index contributed by atoms with van der Waals surface area (Å²) in [5.74, 6) is 0.525. The molecule has 8 N–H and O–H groups in total. The highest BCUT2D eigenvalue weighted by atomic mass is 16.7. The number of hydrogen-bond acceptors (Lipinski definition) is 12. The van der Waals surface area contributed by atoms with Gasteiger partial charge in [0.2, 0.25) is 18.4 Å². The molecule has 13 heteroatoms. The van der Waals surface area contributed by atoms with Crippen molar-refractivity contribution in [3.63, 3.8) is 0 Å². The summed E-state index contributed by atoms with van der Waals surface area (Å²) in [6.07, 6.45) is 2.30. The van der Waals surface area contributed by atoms with Crippen LogP contribution in [0.5, 0.6) is 28.7 Å². The minimum absolute atomic E-state index is 0.0899. The molecule has 5 atom stereocenters. The number of fused-ring (bicyclic) bond motifs is 3. The van der Waals surface area contributed by atoms with Crippen LogP contribution in [0.1, 0.15) is 54.3 Å². The first-order valence-electron chi connectivity index (χ1n) is 16.3. The van der Waals surface area contributed by atoms with Crippen molar-refractivity contribution in [3.8, 4) is 28.7 Å². The van der Waals surface area contributed by atoms with Crippen LogP contribution in [0.15, 0.2) is 24.3 Å². The Morgan fingerprint density at radius 1 is 0.891 bits per heavy atom. The number of nitrogens with two attached hydrogens (primary N) is 1. The van der Waals surface area contributed by atoms with Crippen molar-refractivity contribution in [2.24, 2.45) is 17.6 Å². The van der Waals surface area contributed by atoms with E-state index < -0.39 is 18.2 Å². The molecule has 254 valence electrons. The number of methoxy groups -OCH3 is 2. The second-order valence-corrected chi connectivity index (χ2v) is 11.9. The summed E-state index contributed by atoms with van der Waals surface area (Å²) in [6, 6.07) is 6.93. The molecule has 46 heavy (non-hydrogen) atoms. The lowest BCUT2D eigenvalue weighted by molar-refractivity contribution is -0.122. The van der Waals surface area contributed by atoms with Crippen molar-refractivity contribution in [1.29, 1.82) is 0 Å². The zero-order valence-corrected chi connectivity index (χ0v) is 26.8. The highest BCUT2D eigenvalue weighted by molar-refractivity contribution is 5.77. The number of nitrogens with one attached hydrogen (secondary N) is 4. The van der Waals surface area contributed by atoms with E-state index in [2.05, 4.69) is 21.3 Å². The molecule has 3 aliphatic rings. The van der Waals surface area contributed by atoms with E-state index in [9.17, 15) is 15.0 Å². The van der Waals surface area contributed by atoms with Crippen LogP contribution in [0, 0.1) is 11.8 Å². The Morgan fingerprint density at radius 2 is 1.48 bits per heavy atom. The Morgan fingerprint density at radius 3 is 2.09 bits per heavy atom. The van der Waals surface area contributed by atoms with E-state index in [-0.39, 0.29) is 48.4 Å². The van der Waals surface area contributed by atoms with Gasteiger partial charge in [-0.15, -0.1) is 0 Å². The molecule has 1 aliphatic carbocycles. The number of phenolic OH excluding ortho intramolecular Hbond substituents is 1. The van der Waals surface area contributed by atoms with Crippen LogP contribution < -0.4 is 45.9 Å². The number of amides is 1. The van der Waals surface area contributed by atoms with E-state index in [4.69, 9.17) is 29.4 Å². The molecule has 1 amide bonds. The van der Waals surface area contributed by atoms with Gasteiger partial charge in [0, 0.05) is 30.7 Å². The second kappa shape index (κ2) is 16.5. The van der Waals surface area contributed by atoms with E-state index in [1.807, 2.05) is 12.1 Å². The molecule has 1 fully saturated rings. The predicted octanol–water partition coefficient (Wildman–Crippen LogP) is 1.31. The Bertz CT molecular complexity index is 1290. The number of phenols is 1. The van der Waals surface area contributed by atoms with E-state index in [0.29, 0.717) is 24.5 Å². The topological polar surface area (TPSA) is 178 Å². The highest BCUT2D eigenvalue weighted by Crippen LogP contribution is 2.56. The smallest absolute Gasteiger partial charge is 0.231 e. The first-order valence-corrected chi connectivity index (χ1v) is 16.3. The fourth-order valence-corrected chi connectivity index (χ4v) is 6.73. The molecule has 5 rings (SSSR count). The Hall–Kier alpha value is -3.33. The minimum Gasteiger partial charge on any atom is -0.502 e. The van der Waals surface area contributed by atoms with Crippen molar-refractivity contribution in [2.45, 2.75) is 43.9 Å². The molecule has 0 saturated carbocycles. The summed E-state index contributed by atoms with van der Waals surface area (Å²) in [4.78, 5) is 13.3. The largest absolute Gasteiger partial charge is 0.502 e. The summed E-state index contributed by atoms with van der Waals surface area (Å²) in [6.45, 7) is 6.31. The Kier molecular flexibility index (Phi) is 12.2. The summed E-state index contributed by atoms with van der Waals surface area (Å²) < 4.78 is 28.2. The van der Waals surface area contributed by atoms with Gasteiger partial charge in [0.05, 0.1) is 26.9 Å². The first-order chi connectivity index (χ1) is 22.5. The van der Waals surface area contributed by atoms with E-state index in [1.165, 1.54) is 14.2 Å². The van der Waals surface area contributed by atoms with Gasteiger partial charge in [0.15, 0.2) is 29.3 Å². The van der Waals surface area contributed by atoms with Gasteiger partial charge >= 0.3 is 0 Å². The van der Waals surface area contributed by atoms with Crippen LogP contribution in [0.25, 0.3) is 0 Å². The molecule has 1 saturated heterocycles. The first kappa shape index (κ1) is 34.0. The van der Waals surface area contributed by atoms with Crippen LogP contribution in [-0.4, -0.2) is 95.8 Å². The van der Waals surface area contributed by atoms with Crippen LogP contribution >= 0.6 is 0 Å². The minimum atomic E-state index is -1.07. The number of aliphatic hydroxyl groups is 1. The molecule has 0 spiro atoms. The molecule has 0 bridgehead atoms. The molecule has 13 nitrogen and oxygen atoms in total. The molecule has 2 aromatic carbocycles. The summed E-state index contributed by atoms with van der Waals surface area (Å²) in [7, 11) is 2.95. The number of carbonyl (C=O) groups is 1. The molecule has 0 radical (unpaired) electrons. The molecule has 0 aromatic heterocycles. The SMILES string of the molecule is COc1cc([C@@H]2c3cc4c(cc3[C@@H](NC(=O)CCNCCCNCCCNCCCN)[C@H]3COC(O)[C@H]23)OCO4)cc(OC)c1O. The predicted molar refractivity (Wildman–Crippen MR) is 172 cm³/mol. The average molecular weight is 644 g/mol. The van der Waals surface area contributed by atoms with Gasteiger partial charge in [-0.25, -0.2) is 0 Å². The number of benzene rings is 2. The van der Waals surface area contributed by atoms with Gasteiger partial charge < -0.3 is 60.9 Å². The van der Waals surface area contributed by atoms with Crippen molar-refractivity contribution in [2.75, 3.05) is 73.4 Å². The van der Waals surface area contributed by atoms with Gasteiger partial charge in [-0.3, -0.25) is 4.79 Å². The zero-order valence-electron chi connectivity index (χ0n) is 26.8. The van der Waals surface area contributed by atoms with Crippen LogP contribution in [-0.2, 0) is 9.53 Å². The van der Waals surface area contributed by atoms with E-state index >= 15 is 0 Å². The number of aromatic hydroxyl groups is 1. The fraction of sp³-hybridized carbons (Fsp3) is 0.606. The van der Waals surface area contributed by atoms with Gasteiger partial charge in [0.1, 0.15) is 0 Å². The van der Waals surface area contributed by atoms with Crippen molar-refractivity contribution < 1.29 is 38.7 Å². The lowest BCUT2D eigenvalue weighted by atomic mass is 9.65. The monoisotopic (exact) mass is 643 g/mol. The maximum Gasteiger partial charge on any atom is 0.231 e.